The van der Waals surface area contributed by atoms with Crippen molar-refractivity contribution in [2.24, 2.45) is 0 Å². The monoisotopic (exact) mass is 481 g/mol. The predicted molar refractivity (Wildman–Crippen MR) is 120 cm³/mol. The molecule has 1 fully saturated rings. The molecular formula is C22H16B2ClF2N3O4. The fourth-order valence-electron chi connectivity index (χ4n) is 4.05. The molecular weight excluding hydrogens is 465 g/mol. The fraction of sp³-hybridized carbons (Fsp3) is 0.273. The van der Waals surface area contributed by atoms with Crippen LogP contribution in [0.15, 0.2) is 36.4 Å². The number of halogens is 3. The van der Waals surface area contributed by atoms with E-state index < -0.39 is 47.1 Å². The first kappa shape index (κ1) is 23.9. The molecule has 170 valence electrons. The number of hydrogen-bond donors (Lipinski definition) is 2. The molecule has 2 aromatic rings. The largest absolute Gasteiger partial charge is 0.352 e. The molecule has 2 aliphatic rings. The Kier molecular flexibility index (Phi) is 6.24. The average molecular weight is 481 g/mol. The zero-order valence-electron chi connectivity index (χ0n) is 17.6. The number of rotatable bonds is 5. The van der Waals surface area contributed by atoms with E-state index >= 15 is 0 Å². The standard InChI is InChI=1S/C22H16B2ClF2N3O4/c23-17-13(18(24)29-21(34)22(26,27)10-1-3-11(25)4-2-10)6-5-12-14(17)9-30(20(12)33)15-7-8-16(31)28-19(15)32/h1-6,15,18H,7-9H2,(H,29,34)(H,28,31,32). The number of alkyl halides is 2. The van der Waals surface area contributed by atoms with Crippen molar-refractivity contribution >= 4 is 56.4 Å². The lowest BCUT2D eigenvalue weighted by molar-refractivity contribution is -0.147. The Balaban J connectivity index is 1.53. The van der Waals surface area contributed by atoms with E-state index in [9.17, 15) is 28.0 Å². The number of nitrogens with zero attached hydrogens (tertiary/aromatic N) is 1. The van der Waals surface area contributed by atoms with Crippen LogP contribution >= 0.6 is 11.6 Å². The molecule has 2 heterocycles. The van der Waals surface area contributed by atoms with E-state index in [1.54, 1.807) is 0 Å². The molecule has 2 unspecified atom stereocenters. The highest BCUT2D eigenvalue weighted by Crippen LogP contribution is 2.31. The van der Waals surface area contributed by atoms with Crippen LogP contribution in [0, 0.1) is 0 Å². The first-order valence-electron chi connectivity index (χ1n) is 10.3. The second kappa shape index (κ2) is 8.87. The van der Waals surface area contributed by atoms with Crippen LogP contribution in [0.3, 0.4) is 0 Å². The number of imide groups is 1. The molecule has 4 rings (SSSR count). The number of fused-ring (bicyclic) bond motifs is 1. The van der Waals surface area contributed by atoms with Crippen molar-refractivity contribution in [1.82, 2.24) is 15.5 Å². The highest BCUT2D eigenvalue weighted by atomic mass is 35.5. The van der Waals surface area contributed by atoms with Gasteiger partial charge in [-0.3, -0.25) is 24.5 Å². The van der Waals surface area contributed by atoms with Crippen LogP contribution < -0.4 is 16.1 Å². The zero-order chi connectivity index (χ0) is 24.8. The van der Waals surface area contributed by atoms with Gasteiger partial charge < -0.3 is 10.2 Å². The van der Waals surface area contributed by atoms with Gasteiger partial charge in [-0.05, 0) is 35.7 Å². The molecule has 2 aromatic carbocycles. The van der Waals surface area contributed by atoms with Gasteiger partial charge in [0, 0.05) is 35.1 Å². The van der Waals surface area contributed by atoms with Gasteiger partial charge in [0.05, 0.1) is 0 Å². The van der Waals surface area contributed by atoms with Crippen LogP contribution in [0.1, 0.15) is 45.8 Å². The normalized spacial score (nSPS) is 19.0. The number of amides is 4. The Bertz CT molecular complexity index is 1210. The lowest BCUT2D eigenvalue weighted by Crippen LogP contribution is -2.52. The Morgan fingerprint density at radius 1 is 1.18 bits per heavy atom. The fourth-order valence-corrected chi connectivity index (χ4v) is 4.18. The highest BCUT2D eigenvalue weighted by Gasteiger charge is 2.42. The second-order valence-electron chi connectivity index (χ2n) is 8.03. The quantitative estimate of drug-likeness (QED) is 0.492. The SMILES string of the molecule is [B]c1c(C([B])NC(=O)C(F)(F)c2ccc(Cl)cc2)ccc2c1CN(C1CCC(=O)NC1=O)C2=O. The van der Waals surface area contributed by atoms with Crippen LogP contribution in [0.25, 0.3) is 0 Å². The van der Waals surface area contributed by atoms with E-state index in [1.807, 2.05) is 0 Å². The summed E-state index contributed by atoms with van der Waals surface area (Å²) in [6.07, 6.45) is 0.266. The van der Waals surface area contributed by atoms with Crippen LogP contribution in [-0.2, 0) is 26.9 Å². The smallest absolute Gasteiger partial charge is 0.349 e. The predicted octanol–water partition coefficient (Wildman–Crippen LogP) is 0.970. The third-order valence-corrected chi connectivity index (χ3v) is 6.16. The molecule has 0 aromatic heterocycles. The number of piperidine rings is 1. The average Bonchev–Trinajstić information content (AvgIpc) is 3.11. The molecule has 12 heteroatoms. The summed E-state index contributed by atoms with van der Waals surface area (Å²) in [6, 6.07) is 6.48. The van der Waals surface area contributed by atoms with Gasteiger partial charge in [-0.25, -0.2) is 0 Å². The summed E-state index contributed by atoms with van der Waals surface area (Å²) in [5.74, 6) is -8.35. The molecule has 2 aliphatic heterocycles. The highest BCUT2D eigenvalue weighted by molar-refractivity contribution is 6.36. The van der Waals surface area contributed by atoms with Crippen molar-refractivity contribution in [3.8, 4) is 0 Å². The lowest BCUT2D eigenvalue weighted by Gasteiger charge is -2.29. The van der Waals surface area contributed by atoms with Crippen molar-refractivity contribution in [2.45, 2.75) is 37.3 Å². The van der Waals surface area contributed by atoms with E-state index in [4.69, 9.17) is 27.3 Å². The molecule has 0 spiro atoms. The second-order valence-corrected chi connectivity index (χ2v) is 8.46. The summed E-state index contributed by atoms with van der Waals surface area (Å²) in [7, 11) is 12.2. The van der Waals surface area contributed by atoms with Crippen LogP contribution in [0.5, 0.6) is 0 Å². The maximum absolute atomic E-state index is 14.6. The van der Waals surface area contributed by atoms with Gasteiger partial charge >= 0.3 is 5.92 Å². The summed E-state index contributed by atoms with van der Waals surface area (Å²) < 4.78 is 29.2. The van der Waals surface area contributed by atoms with E-state index in [-0.39, 0.29) is 41.0 Å². The van der Waals surface area contributed by atoms with Crippen LogP contribution in [0.4, 0.5) is 8.78 Å². The third kappa shape index (κ3) is 4.20. The van der Waals surface area contributed by atoms with Gasteiger partial charge in [0.25, 0.3) is 11.8 Å². The molecule has 2 atom stereocenters. The maximum atomic E-state index is 14.6. The summed E-state index contributed by atoms with van der Waals surface area (Å²) >= 11 is 5.71. The molecule has 2 N–H and O–H groups in total. The van der Waals surface area contributed by atoms with E-state index in [2.05, 4.69) is 10.6 Å². The van der Waals surface area contributed by atoms with Gasteiger partial charge in [0.15, 0.2) is 0 Å². The first-order valence-corrected chi connectivity index (χ1v) is 10.6. The van der Waals surface area contributed by atoms with Gasteiger partial charge in [-0.2, -0.15) is 8.78 Å². The summed E-state index contributed by atoms with van der Waals surface area (Å²) in [6.45, 7) is -0.0261. The van der Waals surface area contributed by atoms with Crippen molar-refractivity contribution < 1.29 is 28.0 Å². The number of hydrogen-bond acceptors (Lipinski definition) is 4. The van der Waals surface area contributed by atoms with Gasteiger partial charge in [0.2, 0.25) is 11.8 Å². The molecule has 7 nitrogen and oxygen atoms in total. The number of carbonyl (C=O) groups is 4. The molecule has 0 bridgehead atoms. The zero-order valence-corrected chi connectivity index (χ0v) is 18.4. The number of carbonyl (C=O) groups excluding carboxylic acids is 4. The van der Waals surface area contributed by atoms with E-state index in [0.29, 0.717) is 5.56 Å². The van der Waals surface area contributed by atoms with Crippen molar-refractivity contribution in [2.75, 3.05) is 0 Å². The van der Waals surface area contributed by atoms with Crippen molar-refractivity contribution in [3.05, 3.63) is 63.7 Å². The molecule has 4 radical (unpaired) electrons. The molecule has 1 saturated heterocycles. The van der Waals surface area contributed by atoms with Gasteiger partial charge in [-0.1, -0.05) is 35.3 Å². The summed E-state index contributed by atoms with van der Waals surface area (Å²) in [5, 5.41) is 4.50. The Hall–Kier alpha value is -3.20. The minimum atomic E-state index is -3.88. The Morgan fingerprint density at radius 3 is 2.50 bits per heavy atom. The minimum absolute atomic E-state index is 0.0261. The van der Waals surface area contributed by atoms with Gasteiger partial charge in [-0.15, -0.1) is 0 Å². The molecule has 0 aliphatic carbocycles. The topological polar surface area (TPSA) is 95.6 Å². The minimum Gasteiger partial charge on any atom is -0.352 e. The van der Waals surface area contributed by atoms with Crippen LogP contribution in [-0.4, -0.2) is 50.3 Å². The first-order chi connectivity index (χ1) is 16.0. The van der Waals surface area contributed by atoms with Crippen molar-refractivity contribution in [3.63, 3.8) is 0 Å². The number of benzene rings is 2. The van der Waals surface area contributed by atoms with E-state index in [0.717, 1.165) is 12.1 Å². The van der Waals surface area contributed by atoms with Crippen molar-refractivity contribution in [1.29, 1.82) is 0 Å². The number of nitrogens with one attached hydrogen (secondary N) is 2. The summed E-state index contributed by atoms with van der Waals surface area (Å²) in [5.41, 5.74) is 0.214. The third-order valence-electron chi connectivity index (χ3n) is 5.91. The molecule has 0 saturated carbocycles. The maximum Gasteiger partial charge on any atom is 0.349 e. The van der Waals surface area contributed by atoms with Crippen LogP contribution in [0.2, 0.25) is 5.02 Å². The Labute approximate surface area is 201 Å². The molecule has 34 heavy (non-hydrogen) atoms. The van der Waals surface area contributed by atoms with Gasteiger partial charge in [0.1, 0.15) is 21.7 Å². The Morgan fingerprint density at radius 2 is 1.85 bits per heavy atom. The lowest BCUT2D eigenvalue weighted by atomic mass is 9.76. The summed E-state index contributed by atoms with van der Waals surface area (Å²) in [4.78, 5) is 50.0. The van der Waals surface area contributed by atoms with E-state index in [1.165, 1.54) is 29.2 Å². The molecule has 4 amide bonds.